The van der Waals surface area contributed by atoms with Crippen molar-refractivity contribution in [2.75, 3.05) is 0 Å². The summed E-state index contributed by atoms with van der Waals surface area (Å²) in [6.07, 6.45) is 0. The van der Waals surface area contributed by atoms with Gasteiger partial charge >= 0.3 is 0 Å². The summed E-state index contributed by atoms with van der Waals surface area (Å²) in [7, 11) is 0. The van der Waals surface area contributed by atoms with Crippen molar-refractivity contribution in [3.05, 3.63) is 96.6 Å². The molecule has 142 valence electrons. The molecule has 5 aromatic rings. The molecule has 0 atom stereocenters. The van der Waals surface area contributed by atoms with E-state index in [2.05, 4.69) is 112 Å². The highest BCUT2D eigenvalue weighted by atomic mass is 32.1. The van der Waals surface area contributed by atoms with Crippen LogP contribution in [0.1, 0.15) is 26.3 Å². The summed E-state index contributed by atoms with van der Waals surface area (Å²) in [6, 6.07) is 33.2. The van der Waals surface area contributed by atoms with Gasteiger partial charge in [-0.2, -0.15) is 0 Å². The van der Waals surface area contributed by atoms with Crippen molar-refractivity contribution >= 4 is 31.5 Å². The van der Waals surface area contributed by atoms with E-state index in [4.69, 9.17) is 0 Å². The molecule has 0 aliphatic heterocycles. The highest BCUT2D eigenvalue weighted by Gasteiger charge is 2.18. The number of hydrogen-bond donors (Lipinski definition) is 0. The van der Waals surface area contributed by atoms with Crippen LogP contribution in [0.5, 0.6) is 0 Å². The van der Waals surface area contributed by atoms with Crippen LogP contribution in [0.15, 0.2) is 91.0 Å². The van der Waals surface area contributed by atoms with E-state index in [1.807, 2.05) is 11.3 Å². The van der Waals surface area contributed by atoms with Gasteiger partial charge in [0, 0.05) is 20.2 Å². The molecule has 1 heterocycles. The molecule has 0 aliphatic rings. The van der Waals surface area contributed by atoms with E-state index in [1.54, 1.807) is 0 Å². The number of hydrogen-bond acceptors (Lipinski definition) is 1. The Morgan fingerprint density at radius 3 is 2.07 bits per heavy atom. The van der Waals surface area contributed by atoms with E-state index in [1.165, 1.54) is 48.0 Å². The van der Waals surface area contributed by atoms with Gasteiger partial charge in [-0.3, -0.25) is 0 Å². The highest BCUT2D eigenvalue weighted by Crippen LogP contribution is 2.41. The Hall–Kier alpha value is -2.90. The van der Waals surface area contributed by atoms with Crippen LogP contribution < -0.4 is 0 Å². The first-order chi connectivity index (χ1) is 14.0. The minimum atomic E-state index is 0.0909. The average Bonchev–Trinajstić information content (AvgIpc) is 3.12. The van der Waals surface area contributed by atoms with Crippen molar-refractivity contribution in [1.29, 1.82) is 0 Å². The minimum Gasteiger partial charge on any atom is -0.135 e. The summed E-state index contributed by atoms with van der Waals surface area (Å²) >= 11 is 1.90. The Labute approximate surface area is 176 Å². The zero-order valence-electron chi connectivity index (χ0n) is 17.1. The van der Waals surface area contributed by atoms with E-state index in [0.29, 0.717) is 0 Å². The molecule has 0 nitrogen and oxygen atoms in total. The molecule has 0 saturated heterocycles. The smallest absolute Gasteiger partial charge is 0.0433 e. The van der Waals surface area contributed by atoms with Crippen molar-refractivity contribution in [3.8, 4) is 22.3 Å². The fourth-order valence-corrected chi connectivity index (χ4v) is 5.23. The Balaban J connectivity index is 1.80. The molecule has 0 bridgehead atoms. The van der Waals surface area contributed by atoms with Gasteiger partial charge in [0.2, 0.25) is 0 Å². The lowest BCUT2D eigenvalue weighted by Crippen LogP contribution is -2.11. The molecule has 5 rings (SSSR count). The summed E-state index contributed by atoms with van der Waals surface area (Å²) in [5, 5.41) is 2.70. The van der Waals surface area contributed by atoms with Crippen LogP contribution >= 0.6 is 11.3 Å². The van der Waals surface area contributed by atoms with Crippen LogP contribution in [0.4, 0.5) is 0 Å². The number of thiophene rings is 1. The Kier molecular flexibility index (Phi) is 4.29. The van der Waals surface area contributed by atoms with E-state index >= 15 is 0 Å². The number of fused-ring (bicyclic) bond motifs is 3. The Bertz CT molecular complexity index is 1320. The second kappa shape index (κ2) is 6.86. The minimum absolute atomic E-state index is 0.0909. The van der Waals surface area contributed by atoms with E-state index in [9.17, 15) is 0 Å². The molecule has 0 amide bonds. The van der Waals surface area contributed by atoms with Crippen LogP contribution in [0.2, 0.25) is 0 Å². The van der Waals surface area contributed by atoms with Crippen LogP contribution in [-0.2, 0) is 5.41 Å². The molecule has 1 aromatic heterocycles. The molecule has 29 heavy (non-hydrogen) atoms. The third-order valence-corrected chi connectivity index (χ3v) is 6.84. The molecule has 1 heteroatoms. The monoisotopic (exact) mass is 392 g/mol. The third-order valence-electron chi connectivity index (χ3n) is 5.62. The Morgan fingerprint density at radius 2 is 1.28 bits per heavy atom. The largest absolute Gasteiger partial charge is 0.135 e. The predicted molar refractivity (Wildman–Crippen MR) is 129 cm³/mol. The first-order valence-electron chi connectivity index (χ1n) is 10.1. The van der Waals surface area contributed by atoms with Crippen molar-refractivity contribution in [2.24, 2.45) is 0 Å². The fourth-order valence-electron chi connectivity index (χ4n) is 3.99. The topological polar surface area (TPSA) is 0 Å². The first-order valence-corrected chi connectivity index (χ1v) is 10.9. The maximum absolute atomic E-state index is 2.38. The quantitative estimate of drug-likeness (QED) is 0.282. The highest BCUT2D eigenvalue weighted by molar-refractivity contribution is 7.26. The number of rotatable bonds is 2. The van der Waals surface area contributed by atoms with Crippen LogP contribution in [0, 0.1) is 0 Å². The molecule has 4 aromatic carbocycles. The molecule has 0 aliphatic carbocycles. The second-order valence-corrected chi connectivity index (χ2v) is 9.75. The van der Waals surface area contributed by atoms with Crippen LogP contribution in [-0.4, -0.2) is 0 Å². The van der Waals surface area contributed by atoms with E-state index < -0.39 is 0 Å². The second-order valence-electron chi connectivity index (χ2n) is 8.70. The normalized spacial score (nSPS) is 12.0. The molecule has 0 radical (unpaired) electrons. The van der Waals surface area contributed by atoms with Crippen molar-refractivity contribution in [2.45, 2.75) is 26.2 Å². The van der Waals surface area contributed by atoms with E-state index in [0.717, 1.165) is 0 Å². The summed E-state index contributed by atoms with van der Waals surface area (Å²) in [4.78, 5) is 0. The molecule has 0 spiro atoms. The van der Waals surface area contributed by atoms with Crippen LogP contribution in [0.25, 0.3) is 42.4 Å². The predicted octanol–water partition coefficient (Wildman–Crippen LogP) is 8.69. The lowest BCUT2D eigenvalue weighted by Gasteiger charge is -2.22. The van der Waals surface area contributed by atoms with E-state index in [-0.39, 0.29) is 5.41 Å². The first kappa shape index (κ1) is 18.1. The van der Waals surface area contributed by atoms with Gasteiger partial charge in [-0.1, -0.05) is 99.6 Å². The lowest BCUT2D eigenvalue weighted by molar-refractivity contribution is 0.591. The fraction of sp³-hybridized carbons (Fsp3) is 0.143. The van der Waals surface area contributed by atoms with Gasteiger partial charge in [0.1, 0.15) is 0 Å². The van der Waals surface area contributed by atoms with Gasteiger partial charge in [-0.25, -0.2) is 0 Å². The third kappa shape index (κ3) is 3.26. The van der Waals surface area contributed by atoms with Gasteiger partial charge in [0.15, 0.2) is 0 Å². The summed E-state index contributed by atoms with van der Waals surface area (Å²) in [5.41, 5.74) is 6.63. The summed E-state index contributed by atoms with van der Waals surface area (Å²) < 4.78 is 2.73. The molecular formula is C28H24S. The van der Waals surface area contributed by atoms with Gasteiger partial charge in [-0.05, 0) is 45.4 Å². The zero-order valence-corrected chi connectivity index (χ0v) is 17.9. The maximum atomic E-state index is 2.38. The Morgan fingerprint density at radius 1 is 0.586 bits per heavy atom. The molecule has 0 saturated carbocycles. The maximum Gasteiger partial charge on any atom is 0.0433 e. The SMILES string of the molecule is CC(C)(C)c1cc(-c2ccccc2)cc(-c2cccc3c2sc2ccccc23)c1. The van der Waals surface area contributed by atoms with Crippen molar-refractivity contribution < 1.29 is 0 Å². The molecular weight excluding hydrogens is 368 g/mol. The zero-order chi connectivity index (χ0) is 20.0. The van der Waals surface area contributed by atoms with Crippen LogP contribution in [0.3, 0.4) is 0 Å². The molecule has 0 N–H and O–H groups in total. The van der Waals surface area contributed by atoms with Gasteiger partial charge < -0.3 is 0 Å². The van der Waals surface area contributed by atoms with Gasteiger partial charge in [0.05, 0.1) is 0 Å². The van der Waals surface area contributed by atoms with Crippen molar-refractivity contribution in [1.82, 2.24) is 0 Å². The summed E-state index contributed by atoms with van der Waals surface area (Å²) in [5.74, 6) is 0. The molecule has 0 unspecified atom stereocenters. The number of benzene rings is 4. The lowest BCUT2D eigenvalue weighted by atomic mass is 9.83. The summed E-state index contributed by atoms with van der Waals surface area (Å²) in [6.45, 7) is 6.88. The van der Waals surface area contributed by atoms with Gasteiger partial charge in [0.25, 0.3) is 0 Å². The van der Waals surface area contributed by atoms with Gasteiger partial charge in [-0.15, -0.1) is 11.3 Å². The molecule has 0 fully saturated rings. The standard InChI is InChI=1S/C28H24S/c1-28(2,3)22-17-20(19-10-5-4-6-11-19)16-21(18-22)23-13-9-14-25-24-12-7-8-15-26(24)29-27(23)25/h4-18H,1-3H3. The average molecular weight is 393 g/mol. The van der Waals surface area contributed by atoms with Crippen molar-refractivity contribution in [3.63, 3.8) is 0 Å².